The molecule has 1 saturated heterocycles. The van der Waals surface area contributed by atoms with E-state index in [-0.39, 0.29) is 5.78 Å². The number of methoxy groups -OCH3 is 1. The molecule has 3 rings (SSSR count). The van der Waals surface area contributed by atoms with Crippen LogP contribution in [0.3, 0.4) is 0 Å². The molecule has 0 N–H and O–H groups in total. The molecule has 1 aromatic carbocycles. The minimum atomic E-state index is 0.172. The Kier molecular flexibility index (Phi) is 5.71. The molecule has 25 heavy (non-hydrogen) atoms. The van der Waals surface area contributed by atoms with E-state index in [9.17, 15) is 4.79 Å². The SMILES string of the molecule is CCOc1ccc(-c2nc(CC(=O)CN3CCCC3)co2)cc1OC. The van der Waals surface area contributed by atoms with E-state index in [0.29, 0.717) is 42.7 Å². The van der Waals surface area contributed by atoms with E-state index in [1.54, 1.807) is 13.4 Å². The standard InChI is InChI=1S/C19H24N2O4/c1-3-24-17-7-6-14(10-18(17)23-2)19-20-15(13-25-19)11-16(22)12-21-8-4-5-9-21/h6-7,10,13H,3-5,8-9,11-12H2,1-2H3. The van der Waals surface area contributed by atoms with Gasteiger partial charge in [-0.25, -0.2) is 4.98 Å². The van der Waals surface area contributed by atoms with Crippen LogP contribution in [-0.4, -0.2) is 49.0 Å². The molecule has 2 aromatic rings. The van der Waals surface area contributed by atoms with Gasteiger partial charge in [-0.15, -0.1) is 0 Å². The van der Waals surface area contributed by atoms with Crippen molar-refractivity contribution >= 4 is 5.78 Å². The van der Waals surface area contributed by atoms with Crippen LogP contribution in [0.4, 0.5) is 0 Å². The van der Waals surface area contributed by atoms with Crippen LogP contribution >= 0.6 is 0 Å². The molecule has 1 fully saturated rings. The number of aromatic nitrogens is 1. The Bertz CT molecular complexity index is 720. The van der Waals surface area contributed by atoms with Gasteiger partial charge in [-0.1, -0.05) is 0 Å². The molecule has 1 aromatic heterocycles. The van der Waals surface area contributed by atoms with Gasteiger partial charge in [-0.2, -0.15) is 0 Å². The third-order valence-electron chi connectivity index (χ3n) is 4.24. The number of likely N-dealkylation sites (tertiary alicyclic amines) is 1. The van der Waals surface area contributed by atoms with Crippen molar-refractivity contribution in [3.05, 3.63) is 30.2 Å². The van der Waals surface area contributed by atoms with Crippen molar-refractivity contribution in [2.75, 3.05) is 33.4 Å². The Balaban J connectivity index is 1.67. The number of nitrogens with zero attached hydrogens (tertiary/aromatic N) is 2. The Morgan fingerprint density at radius 1 is 1.28 bits per heavy atom. The van der Waals surface area contributed by atoms with Gasteiger partial charge in [0, 0.05) is 5.56 Å². The molecule has 134 valence electrons. The fourth-order valence-corrected chi connectivity index (χ4v) is 3.04. The third kappa shape index (κ3) is 4.39. The number of carbonyl (C=O) groups is 1. The number of ether oxygens (including phenoxy) is 2. The first kappa shape index (κ1) is 17.5. The predicted octanol–water partition coefficient (Wildman–Crippen LogP) is 2.96. The molecular formula is C19H24N2O4. The molecule has 6 heteroatoms. The van der Waals surface area contributed by atoms with Crippen LogP contribution in [0.15, 0.2) is 28.9 Å². The van der Waals surface area contributed by atoms with E-state index in [1.165, 1.54) is 12.8 Å². The summed E-state index contributed by atoms with van der Waals surface area (Å²) in [6.07, 6.45) is 4.22. The first-order chi connectivity index (χ1) is 12.2. The van der Waals surface area contributed by atoms with Gasteiger partial charge in [0.1, 0.15) is 6.26 Å². The Morgan fingerprint density at radius 2 is 2.08 bits per heavy atom. The van der Waals surface area contributed by atoms with Gasteiger partial charge in [0.15, 0.2) is 17.3 Å². The van der Waals surface area contributed by atoms with Crippen molar-refractivity contribution in [1.82, 2.24) is 9.88 Å². The number of hydrogen-bond donors (Lipinski definition) is 0. The predicted molar refractivity (Wildman–Crippen MR) is 94.0 cm³/mol. The summed E-state index contributed by atoms with van der Waals surface area (Å²) in [6, 6.07) is 5.53. The van der Waals surface area contributed by atoms with Gasteiger partial charge in [0.2, 0.25) is 5.89 Å². The highest BCUT2D eigenvalue weighted by molar-refractivity contribution is 5.82. The molecule has 1 aliphatic rings. The lowest BCUT2D eigenvalue weighted by Crippen LogP contribution is -2.27. The second-order valence-corrected chi connectivity index (χ2v) is 6.14. The second kappa shape index (κ2) is 8.16. The topological polar surface area (TPSA) is 64.8 Å². The van der Waals surface area contributed by atoms with Crippen molar-refractivity contribution < 1.29 is 18.7 Å². The number of benzene rings is 1. The third-order valence-corrected chi connectivity index (χ3v) is 4.24. The zero-order chi connectivity index (χ0) is 17.6. The average molecular weight is 344 g/mol. The molecule has 0 saturated carbocycles. The summed E-state index contributed by atoms with van der Waals surface area (Å²) in [5.41, 5.74) is 1.45. The molecule has 2 heterocycles. The van der Waals surface area contributed by atoms with Gasteiger partial charge in [-0.3, -0.25) is 9.69 Å². The summed E-state index contributed by atoms with van der Waals surface area (Å²) in [4.78, 5) is 18.8. The van der Waals surface area contributed by atoms with Gasteiger partial charge in [0.05, 0.1) is 32.4 Å². The maximum absolute atomic E-state index is 12.2. The average Bonchev–Trinajstić information content (AvgIpc) is 3.27. The molecule has 0 amide bonds. The minimum absolute atomic E-state index is 0.172. The van der Waals surface area contributed by atoms with Gasteiger partial charge >= 0.3 is 0 Å². The molecule has 0 aliphatic carbocycles. The van der Waals surface area contributed by atoms with Crippen LogP contribution in [0.2, 0.25) is 0 Å². The van der Waals surface area contributed by atoms with Crippen molar-refractivity contribution in [3.63, 3.8) is 0 Å². The smallest absolute Gasteiger partial charge is 0.226 e. The van der Waals surface area contributed by atoms with Crippen LogP contribution in [0.25, 0.3) is 11.5 Å². The number of oxazole rings is 1. The van der Waals surface area contributed by atoms with Gasteiger partial charge in [-0.05, 0) is 51.1 Å². The molecule has 0 bridgehead atoms. The highest BCUT2D eigenvalue weighted by atomic mass is 16.5. The number of Topliss-reactive ketones (excluding diaryl/α,β-unsaturated/α-hetero) is 1. The second-order valence-electron chi connectivity index (χ2n) is 6.14. The molecule has 6 nitrogen and oxygen atoms in total. The molecule has 0 atom stereocenters. The number of hydrogen-bond acceptors (Lipinski definition) is 6. The number of carbonyl (C=O) groups excluding carboxylic acids is 1. The largest absolute Gasteiger partial charge is 0.493 e. The van der Waals surface area contributed by atoms with E-state index in [4.69, 9.17) is 13.9 Å². The Labute approximate surface area is 147 Å². The lowest BCUT2D eigenvalue weighted by Gasteiger charge is -2.12. The Hall–Kier alpha value is -2.34. The van der Waals surface area contributed by atoms with E-state index in [1.807, 2.05) is 25.1 Å². The molecule has 0 unspecified atom stereocenters. The quantitative estimate of drug-likeness (QED) is 0.733. The zero-order valence-corrected chi connectivity index (χ0v) is 14.8. The zero-order valence-electron chi connectivity index (χ0n) is 14.8. The summed E-state index contributed by atoms with van der Waals surface area (Å²) >= 11 is 0. The van der Waals surface area contributed by atoms with Gasteiger partial charge < -0.3 is 13.9 Å². The van der Waals surface area contributed by atoms with E-state index < -0.39 is 0 Å². The van der Waals surface area contributed by atoms with Crippen LogP contribution < -0.4 is 9.47 Å². The molecule has 1 aliphatic heterocycles. The monoisotopic (exact) mass is 344 g/mol. The normalized spacial score (nSPS) is 14.6. The maximum atomic E-state index is 12.2. The first-order valence-corrected chi connectivity index (χ1v) is 8.69. The first-order valence-electron chi connectivity index (χ1n) is 8.69. The maximum Gasteiger partial charge on any atom is 0.226 e. The molecule has 0 radical (unpaired) electrons. The molecular weight excluding hydrogens is 320 g/mol. The summed E-state index contributed by atoms with van der Waals surface area (Å²) in [6.45, 7) is 5.02. The summed E-state index contributed by atoms with van der Waals surface area (Å²) in [5, 5.41) is 0. The van der Waals surface area contributed by atoms with Crippen LogP contribution in [-0.2, 0) is 11.2 Å². The summed E-state index contributed by atoms with van der Waals surface area (Å²) in [5.74, 6) is 1.96. The summed E-state index contributed by atoms with van der Waals surface area (Å²) in [7, 11) is 1.60. The van der Waals surface area contributed by atoms with Crippen LogP contribution in [0, 0.1) is 0 Å². The van der Waals surface area contributed by atoms with E-state index in [2.05, 4.69) is 9.88 Å². The number of rotatable bonds is 8. The fraction of sp³-hybridized carbons (Fsp3) is 0.474. The fourth-order valence-electron chi connectivity index (χ4n) is 3.04. The van der Waals surface area contributed by atoms with Crippen molar-refractivity contribution in [2.24, 2.45) is 0 Å². The van der Waals surface area contributed by atoms with Gasteiger partial charge in [0.25, 0.3) is 0 Å². The van der Waals surface area contributed by atoms with E-state index in [0.717, 1.165) is 18.7 Å². The lowest BCUT2D eigenvalue weighted by molar-refractivity contribution is -0.119. The van der Waals surface area contributed by atoms with E-state index >= 15 is 0 Å². The highest BCUT2D eigenvalue weighted by Crippen LogP contribution is 2.32. The van der Waals surface area contributed by atoms with Crippen LogP contribution in [0.1, 0.15) is 25.5 Å². The lowest BCUT2D eigenvalue weighted by atomic mass is 10.2. The van der Waals surface area contributed by atoms with Crippen LogP contribution in [0.5, 0.6) is 11.5 Å². The summed E-state index contributed by atoms with van der Waals surface area (Å²) < 4.78 is 16.4. The molecule has 0 spiro atoms. The number of ketones is 1. The van der Waals surface area contributed by atoms with Crippen molar-refractivity contribution in [3.8, 4) is 23.0 Å². The van der Waals surface area contributed by atoms with Crippen molar-refractivity contribution in [1.29, 1.82) is 0 Å². The minimum Gasteiger partial charge on any atom is -0.493 e. The van der Waals surface area contributed by atoms with Crippen molar-refractivity contribution in [2.45, 2.75) is 26.2 Å². The highest BCUT2D eigenvalue weighted by Gasteiger charge is 2.17. The Morgan fingerprint density at radius 3 is 2.80 bits per heavy atom.